The molecule has 82 valence electrons. The van der Waals surface area contributed by atoms with E-state index in [-0.39, 0.29) is 5.54 Å². The number of carbonyl (C=O) groups is 1. The van der Waals surface area contributed by atoms with E-state index in [1.54, 1.807) is 11.3 Å². The molecule has 1 aromatic heterocycles. The minimum absolute atomic E-state index is 0.267. The van der Waals surface area contributed by atoms with Crippen molar-refractivity contribution < 1.29 is 4.79 Å². The lowest BCUT2D eigenvalue weighted by Crippen LogP contribution is -2.46. The van der Waals surface area contributed by atoms with Crippen molar-refractivity contribution >= 4 is 17.1 Å². The molecular weight excluding hydrogens is 206 g/mol. The fourth-order valence-corrected chi connectivity index (χ4v) is 3.16. The molecule has 1 aliphatic rings. The van der Waals surface area contributed by atoms with Crippen LogP contribution in [0.1, 0.15) is 40.7 Å². The van der Waals surface area contributed by atoms with Gasteiger partial charge in [0.25, 0.3) is 0 Å². The van der Waals surface area contributed by atoms with Gasteiger partial charge in [-0.15, -0.1) is 11.3 Å². The summed E-state index contributed by atoms with van der Waals surface area (Å²) < 4.78 is 0. The highest BCUT2D eigenvalue weighted by atomic mass is 32.1. The van der Waals surface area contributed by atoms with Crippen LogP contribution < -0.4 is 5.32 Å². The first-order valence-corrected chi connectivity index (χ1v) is 6.36. The van der Waals surface area contributed by atoms with Crippen LogP contribution in [0.3, 0.4) is 0 Å². The van der Waals surface area contributed by atoms with E-state index in [4.69, 9.17) is 0 Å². The molecule has 2 heterocycles. The Kier molecular flexibility index (Phi) is 2.94. The molecule has 2 nitrogen and oxygen atoms in total. The van der Waals surface area contributed by atoms with Crippen LogP contribution >= 0.6 is 11.3 Å². The maximum atomic E-state index is 12.4. The van der Waals surface area contributed by atoms with Gasteiger partial charge in [0, 0.05) is 4.88 Å². The molecule has 0 amide bonds. The van der Waals surface area contributed by atoms with Gasteiger partial charge >= 0.3 is 0 Å². The molecule has 1 aliphatic heterocycles. The van der Waals surface area contributed by atoms with E-state index >= 15 is 0 Å². The van der Waals surface area contributed by atoms with Gasteiger partial charge in [0.1, 0.15) is 0 Å². The second kappa shape index (κ2) is 4.06. The van der Waals surface area contributed by atoms with Crippen molar-refractivity contribution in [1.82, 2.24) is 5.32 Å². The van der Waals surface area contributed by atoms with Crippen LogP contribution in [0.5, 0.6) is 0 Å². The van der Waals surface area contributed by atoms with E-state index in [1.165, 1.54) is 4.88 Å². The summed E-state index contributed by atoms with van der Waals surface area (Å²) in [5.74, 6) is 0.292. The second-order valence-corrected chi connectivity index (χ2v) is 5.49. The van der Waals surface area contributed by atoms with Gasteiger partial charge < -0.3 is 5.32 Å². The van der Waals surface area contributed by atoms with Gasteiger partial charge in [-0.3, -0.25) is 4.79 Å². The normalized spacial score (nSPS) is 25.7. The van der Waals surface area contributed by atoms with E-state index < -0.39 is 0 Å². The van der Waals surface area contributed by atoms with Crippen LogP contribution in [0.25, 0.3) is 0 Å². The Hall–Kier alpha value is -0.670. The summed E-state index contributed by atoms with van der Waals surface area (Å²) in [6.07, 6.45) is 2.99. The van der Waals surface area contributed by atoms with Crippen LogP contribution in [0, 0.1) is 6.92 Å². The Balaban J connectivity index is 2.26. The van der Waals surface area contributed by atoms with Gasteiger partial charge in [0.15, 0.2) is 5.78 Å². The van der Waals surface area contributed by atoms with Gasteiger partial charge in [-0.2, -0.15) is 0 Å². The number of hydrogen-bond acceptors (Lipinski definition) is 3. The smallest absolute Gasteiger partial charge is 0.192 e. The number of Topliss-reactive ketones (excluding diaryl/α,β-unsaturated/α-hetero) is 1. The van der Waals surface area contributed by atoms with E-state index in [0.29, 0.717) is 5.78 Å². The molecule has 0 aliphatic carbocycles. The van der Waals surface area contributed by atoms with Crippen molar-refractivity contribution in [2.45, 2.75) is 38.6 Å². The van der Waals surface area contributed by atoms with Gasteiger partial charge in [0.2, 0.25) is 0 Å². The van der Waals surface area contributed by atoms with Crippen molar-refractivity contribution in [3.63, 3.8) is 0 Å². The lowest BCUT2D eigenvalue weighted by molar-refractivity contribution is 0.0868. The molecule has 1 atom stereocenters. The highest BCUT2D eigenvalue weighted by Crippen LogP contribution is 2.29. The molecule has 1 aromatic rings. The molecular formula is C12H17NOS. The molecule has 2 rings (SSSR count). The molecule has 1 fully saturated rings. The molecule has 0 aromatic carbocycles. The first-order valence-electron chi connectivity index (χ1n) is 5.54. The Bertz CT molecular complexity index is 363. The van der Waals surface area contributed by atoms with Gasteiger partial charge in [-0.25, -0.2) is 0 Å². The summed E-state index contributed by atoms with van der Waals surface area (Å²) in [5.41, 5.74) is -0.267. The first-order chi connectivity index (χ1) is 7.18. The van der Waals surface area contributed by atoms with Gasteiger partial charge in [-0.05, 0) is 44.9 Å². The predicted molar refractivity (Wildman–Crippen MR) is 63.6 cm³/mol. The predicted octanol–water partition coefficient (Wildman–Crippen LogP) is 2.77. The van der Waals surface area contributed by atoms with Gasteiger partial charge in [-0.1, -0.05) is 6.92 Å². The van der Waals surface area contributed by atoms with Crippen molar-refractivity contribution in [3.8, 4) is 0 Å². The topological polar surface area (TPSA) is 29.1 Å². The Morgan fingerprint density at radius 3 is 2.87 bits per heavy atom. The summed E-state index contributed by atoms with van der Waals surface area (Å²) in [4.78, 5) is 14.5. The van der Waals surface area contributed by atoms with E-state index in [9.17, 15) is 4.79 Å². The number of carbonyl (C=O) groups excluding carboxylic acids is 1. The second-order valence-electron chi connectivity index (χ2n) is 4.21. The van der Waals surface area contributed by atoms with Crippen LogP contribution in [0.4, 0.5) is 0 Å². The SMILES string of the molecule is CCC1(C(=O)c2ccc(C)s2)CCCN1. The number of hydrogen-bond donors (Lipinski definition) is 1. The fraction of sp³-hybridized carbons (Fsp3) is 0.583. The first kappa shape index (κ1) is 10.8. The third-order valence-electron chi connectivity index (χ3n) is 3.25. The zero-order chi connectivity index (χ0) is 10.9. The number of thiophene rings is 1. The summed E-state index contributed by atoms with van der Waals surface area (Å²) >= 11 is 1.61. The molecule has 0 saturated carbocycles. The van der Waals surface area contributed by atoms with Crippen molar-refractivity contribution in [3.05, 3.63) is 21.9 Å². The highest BCUT2D eigenvalue weighted by molar-refractivity contribution is 7.14. The summed E-state index contributed by atoms with van der Waals surface area (Å²) in [5, 5.41) is 3.38. The number of ketones is 1. The average Bonchev–Trinajstić information content (AvgIpc) is 2.86. The van der Waals surface area contributed by atoms with Crippen LogP contribution in [0.2, 0.25) is 0 Å². The highest BCUT2D eigenvalue weighted by Gasteiger charge is 2.39. The van der Waals surface area contributed by atoms with Gasteiger partial charge in [0.05, 0.1) is 10.4 Å². The fourth-order valence-electron chi connectivity index (χ4n) is 2.25. The maximum absolute atomic E-state index is 12.4. The lowest BCUT2D eigenvalue weighted by atomic mass is 9.88. The molecule has 1 N–H and O–H groups in total. The van der Waals surface area contributed by atoms with Crippen molar-refractivity contribution in [2.24, 2.45) is 0 Å². The van der Waals surface area contributed by atoms with Crippen LogP contribution in [-0.2, 0) is 0 Å². The van der Waals surface area contributed by atoms with Crippen LogP contribution in [-0.4, -0.2) is 17.9 Å². The number of nitrogens with one attached hydrogen (secondary N) is 1. The monoisotopic (exact) mass is 223 g/mol. The quantitative estimate of drug-likeness (QED) is 0.798. The Morgan fingerprint density at radius 2 is 2.40 bits per heavy atom. The zero-order valence-corrected chi connectivity index (χ0v) is 10.1. The maximum Gasteiger partial charge on any atom is 0.192 e. The van der Waals surface area contributed by atoms with Crippen LogP contribution in [0.15, 0.2) is 12.1 Å². The minimum Gasteiger partial charge on any atom is -0.305 e. The standard InChI is InChI=1S/C12H17NOS/c1-3-12(7-4-8-13-12)11(14)10-6-5-9(2)15-10/h5-6,13H,3-4,7-8H2,1-2H3. The van der Waals surface area contributed by atoms with E-state index in [2.05, 4.69) is 12.2 Å². The van der Waals surface area contributed by atoms with Crippen molar-refractivity contribution in [1.29, 1.82) is 0 Å². The summed E-state index contributed by atoms with van der Waals surface area (Å²) in [7, 11) is 0. The Morgan fingerprint density at radius 1 is 1.60 bits per heavy atom. The Labute approximate surface area is 94.7 Å². The minimum atomic E-state index is -0.267. The largest absolute Gasteiger partial charge is 0.305 e. The molecule has 1 saturated heterocycles. The summed E-state index contributed by atoms with van der Waals surface area (Å²) in [6, 6.07) is 3.98. The van der Waals surface area contributed by atoms with Crippen molar-refractivity contribution in [2.75, 3.05) is 6.54 Å². The number of aryl methyl sites for hydroxylation is 1. The third kappa shape index (κ3) is 1.86. The molecule has 3 heteroatoms. The molecule has 15 heavy (non-hydrogen) atoms. The molecule has 1 unspecified atom stereocenters. The zero-order valence-electron chi connectivity index (χ0n) is 9.30. The van der Waals surface area contributed by atoms with E-state index in [1.807, 2.05) is 19.1 Å². The summed E-state index contributed by atoms with van der Waals surface area (Å²) in [6.45, 7) is 5.11. The third-order valence-corrected chi connectivity index (χ3v) is 4.25. The molecule has 0 spiro atoms. The number of rotatable bonds is 3. The lowest BCUT2D eigenvalue weighted by Gasteiger charge is -2.25. The van der Waals surface area contributed by atoms with E-state index in [0.717, 1.165) is 30.7 Å². The average molecular weight is 223 g/mol. The molecule has 0 radical (unpaired) electrons. The molecule has 0 bridgehead atoms.